The highest BCUT2D eigenvalue weighted by molar-refractivity contribution is 7.15. The molecular weight excluding hydrogens is 298 g/mol. The Morgan fingerprint density at radius 2 is 2.05 bits per heavy atom. The highest BCUT2D eigenvalue weighted by Gasteiger charge is 2.08. The SMILES string of the molecule is CCCCCc1nnc(NC(=O)COCc2ccccc2)s1. The molecule has 0 aliphatic rings. The van der Waals surface area contributed by atoms with Crippen LogP contribution in [0.25, 0.3) is 0 Å². The number of nitrogens with one attached hydrogen (secondary N) is 1. The lowest BCUT2D eigenvalue weighted by atomic mass is 10.2. The summed E-state index contributed by atoms with van der Waals surface area (Å²) >= 11 is 1.43. The van der Waals surface area contributed by atoms with Gasteiger partial charge in [0.25, 0.3) is 5.91 Å². The molecule has 1 amide bonds. The van der Waals surface area contributed by atoms with Crippen LogP contribution < -0.4 is 5.32 Å². The average Bonchev–Trinajstić information content (AvgIpc) is 2.96. The molecule has 5 nitrogen and oxygen atoms in total. The molecule has 2 rings (SSSR count). The largest absolute Gasteiger partial charge is 0.367 e. The Morgan fingerprint density at radius 3 is 2.82 bits per heavy atom. The number of hydrogen-bond acceptors (Lipinski definition) is 5. The number of aryl methyl sites for hydroxylation is 1. The summed E-state index contributed by atoms with van der Waals surface area (Å²) < 4.78 is 5.38. The molecule has 6 heteroatoms. The molecule has 0 aliphatic heterocycles. The molecule has 0 fully saturated rings. The Bertz CT molecular complexity index is 572. The summed E-state index contributed by atoms with van der Waals surface area (Å²) in [4.78, 5) is 11.8. The van der Waals surface area contributed by atoms with Crippen molar-refractivity contribution in [1.29, 1.82) is 0 Å². The molecule has 0 saturated heterocycles. The van der Waals surface area contributed by atoms with E-state index in [4.69, 9.17) is 4.74 Å². The molecule has 118 valence electrons. The van der Waals surface area contributed by atoms with Crippen LogP contribution in [-0.4, -0.2) is 22.7 Å². The summed E-state index contributed by atoms with van der Waals surface area (Å²) in [5.41, 5.74) is 1.05. The number of anilines is 1. The van der Waals surface area contributed by atoms with Crippen molar-refractivity contribution in [3.05, 3.63) is 40.9 Å². The average molecular weight is 319 g/mol. The van der Waals surface area contributed by atoms with Gasteiger partial charge in [0, 0.05) is 6.42 Å². The first kappa shape index (κ1) is 16.6. The number of ether oxygens (including phenoxy) is 1. The van der Waals surface area contributed by atoms with Crippen molar-refractivity contribution in [2.75, 3.05) is 11.9 Å². The number of amides is 1. The summed E-state index contributed by atoms with van der Waals surface area (Å²) in [6.45, 7) is 2.60. The Kier molecular flexibility index (Phi) is 6.99. The van der Waals surface area contributed by atoms with E-state index in [2.05, 4.69) is 22.4 Å². The number of aromatic nitrogens is 2. The second-order valence-corrected chi connectivity index (χ2v) is 6.05. The van der Waals surface area contributed by atoms with Gasteiger partial charge in [0.1, 0.15) is 11.6 Å². The summed E-state index contributed by atoms with van der Waals surface area (Å²) in [6.07, 6.45) is 4.40. The van der Waals surface area contributed by atoms with Crippen molar-refractivity contribution in [3.8, 4) is 0 Å². The van der Waals surface area contributed by atoms with Gasteiger partial charge < -0.3 is 4.74 Å². The lowest BCUT2D eigenvalue weighted by Crippen LogP contribution is -2.18. The van der Waals surface area contributed by atoms with E-state index in [-0.39, 0.29) is 12.5 Å². The molecule has 0 bridgehead atoms. The zero-order chi connectivity index (χ0) is 15.6. The van der Waals surface area contributed by atoms with Crippen molar-refractivity contribution >= 4 is 22.4 Å². The maximum atomic E-state index is 11.8. The smallest absolute Gasteiger partial charge is 0.252 e. The standard InChI is InChI=1S/C16H21N3O2S/c1-2-3-5-10-15-18-19-16(22-15)17-14(20)12-21-11-13-8-6-4-7-9-13/h4,6-9H,2-3,5,10-12H2,1H3,(H,17,19,20). The molecule has 0 unspecified atom stereocenters. The van der Waals surface area contributed by atoms with Crippen molar-refractivity contribution < 1.29 is 9.53 Å². The molecule has 0 aliphatic carbocycles. The van der Waals surface area contributed by atoms with Gasteiger partial charge in [0.05, 0.1) is 6.61 Å². The third-order valence-corrected chi connectivity index (χ3v) is 3.95. The summed E-state index contributed by atoms with van der Waals surface area (Å²) in [7, 11) is 0. The van der Waals surface area contributed by atoms with E-state index in [0.717, 1.165) is 23.4 Å². The Labute approximate surface area is 134 Å². The number of rotatable bonds is 9. The molecule has 1 N–H and O–H groups in total. The van der Waals surface area contributed by atoms with E-state index in [1.54, 1.807) is 0 Å². The molecule has 22 heavy (non-hydrogen) atoms. The van der Waals surface area contributed by atoms with E-state index in [9.17, 15) is 4.79 Å². The van der Waals surface area contributed by atoms with Gasteiger partial charge in [-0.25, -0.2) is 0 Å². The van der Waals surface area contributed by atoms with Crippen LogP contribution in [0, 0.1) is 0 Å². The number of benzene rings is 1. The predicted octanol–water partition coefficient (Wildman–Crippen LogP) is 3.43. The van der Waals surface area contributed by atoms with Crippen molar-refractivity contribution in [2.45, 2.75) is 39.2 Å². The lowest BCUT2D eigenvalue weighted by Gasteiger charge is -2.03. The number of carbonyl (C=O) groups is 1. The number of nitrogens with zero attached hydrogens (tertiary/aromatic N) is 2. The minimum atomic E-state index is -0.202. The molecule has 0 saturated carbocycles. The van der Waals surface area contributed by atoms with Crippen LogP contribution in [0.5, 0.6) is 0 Å². The molecular formula is C16H21N3O2S. The normalized spacial score (nSPS) is 10.6. The quantitative estimate of drug-likeness (QED) is 0.719. The third-order valence-electron chi connectivity index (χ3n) is 3.05. The van der Waals surface area contributed by atoms with E-state index in [0.29, 0.717) is 11.7 Å². The van der Waals surface area contributed by atoms with Gasteiger partial charge in [0.2, 0.25) is 5.13 Å². The molecule has 1 aromatic heterocycles. The minimum Gasteiger partial charge on any atom is -0.367 e. The van der Waals surface area contributed by atoms with Crippen LogP contribution in [0.15, 0.2) is 30.3 Å². The van der Waals surface area contributed by atoms with Crippen molar-refractivity contribution in [1.82, 2.24) is 10.2 Å². The third kappa shape index (κ3) is 5.91. The van der Waals surface area contributed by atoms with Crippen LogP contribution in [0.4, 0.5) is 5.13 Å². The monoisotopic (exact) mass is 319 g/mol. The Morgan fingerprint density at radius 1 is 1.23 bits per heavy atom. The second kappa shape index (κ2) is 9.27. The van der Waals surface area contributed by atoms with Gasteiger partial charge >= 0.3 is 0 Å². The van der Waals surface area contributed by atoms with Crippen LogP contribution in [0.3, 0.4) is 0 Å². The maximum absolute atomic E-state index is 11.8. The summed E-state index contributed by atoms with van der Waals surface area (Å²) in [6, 6.07) is 9.76. The number of hydrogen-bond donors (Lipinski definition) is 1. The van der Waals surface area contributed by atoms with Crippen molar-refractivity contribution in [2.24, 2.45) is 0 Å². The number of unbranched alkanes of at least 4 members (excludes halogenated alkanes) is 2. The molecule has 1 aromatic carbocycles. The van der Waals surface area contributed by atoms with E-state index in [1.165, 1.54) is 24.2 Å². The fourth-order valence-electron chi connectivity index (χ4n) is 1.92. The Hall–Kier alpha value is -1.79. The molecule has 2 aromatic rings. The van der Waals surface area contributed by atoms with E-state index < -0.39 is 0 Å². The molecule has 0 spiro atoms. The summed E-state index contributed by atoms with van der Waals surface area (Å²) in [5, 5.41) is 12.3. The first-order valence-electron chi connectivity index (χ1n) is 7.52. The zero-order valence-corrected chi connectivity index (χ0v) is 13.6. The number of carbonyl (C=O) groups excluding carboxylic acids is 1. The van der Waals surface area contributed by atoms with E-state index >= 15 is 0 Å². The molecule has 0 atom stereocenters. The van der Waals surface area contributed by atoms with Crippen LogP contribution in [0.2, 0.25) is 0 Å². The summed E-state index contributed by atoms with van der Waals surface area (Å²) in [5.74, 6) is -0.202. The molecule has 0 radical (unpaired) electrons. The van der Waals surface area contributed by atoms with Crippen molar-refractivity contribution in [3.63, 3.8) is 0 Å². The van der Waals surface area contributed by atoms with Crippen LogP contribution in [0.1, 0.15) is 36.8 Å². The van der Waals surface area contributed by atoms with Crippen LogP contribution >= 0.6 is 11.3 Å². The van der Waals surface area contributed by atoms with E-state index in [1.807, 2.05) is 30.3 Å². The van der Waals surface area contributed by atoms with Crippen LogP contribution in [-0.2, 0) is 22.6 Å². The van der Waals surface area contributed by atoms with Gasteiger partial charge in [-0.05, 0) is 12.0 Å². The lowest BCUT2D eigenvalue weighted by molar-refractivity contribution is -0.121. The van der Waals surface area contributed by atoms with Gasteiger partial charge in [0.15, 0.2) is 0 Å². The Balaban J connectivity index is 1.68. The predicted molar refractivity (Wildman–Crippen MR) is 87.9 cm³/mol. The van der Waals surface area contributed by atoms with Gasteiger partial charge in [-0.2, -0.15) is 0 Å². The topological polar surface area (TPSA) is 64.1 Å². The maximum Gasteiger partial charge on any atom is 0.252 e. The zero-order valence-electron chi connectivity index (χ0n) is 12.7. The first-order chi connectivity index (χ1) is 10.8. The van der Waals surface area contributed by atoms with Gasteiger partial charge in [-0.3, -0.25) is 10.1 Å². The fourth-order valence-corrected chi connectivity index (χ4v) is 2.72. The fraction of sp³-hybridized carbons (Fsp3) is 0.438. The second-order valence-electron chi connectivity index (χ2n) is 4.98. The first-order valence-corrected chi connectivity index (χ1v) is 8.33. The van der Waals surface area contributed by atoms with Gasteiger partial charge in [-0.1, -0.05) is 61.4 Å². The minimum absolute atomic E-state index is 0.0135. The highest BCUT2D eigenvalue weighted by Crippen LogP contribution is 2.17. The van der Waals surface area contributed by atoms with Gasteiger partial charge in [-0.15, -0.1) is 10.2 Å². The molecule has 1 heterocycles. The highest BCUT2D eigenvalue weighted by atomic mass is 32.1.